The third-order valence-corrected chi connectivity index (χ3v) is 4.99. The molecule has 0 radical (unpaired) electrons. The molecular formula is C18H23N7O. The number of aromatic nitrogens is 5. The summed E-state index contributed by atoms with van der Waals surface area (Å²) in [5.74, 6) is 0.890. The lowest BCUT2D eigenvalue weighted by Crippen LogP contribution is -2.49. The molecule has 1 unspecified atom stereocenters. The first-order valence-electron chi connectivity index (χ1n) is 8.77. The van der Waals surface area contributed by atoms with Crippen LogP contribution in [0.4, 0.5) is 0 Å². The molecule has 136 valence electrons. The highest BCUT2D eigenvalue weighted by molar-refractivity contribution is 6.06. The van der Waals surface area contributed by atoms with Crippen LogP contribution in [0.1, 0.15) is 33.6 Å². The van der Waals surface area contributed by atoms with Crippen LogP contribution in [0, 0.1) is 13.8 Å². The van der Waals surface area contributed by atoms with E-state index in [0.717, 1.165) is 34.8 Å². The van der Waals surface area contributed by atoms with Gasteiger partial charge >= 0.3 is 0 Å². The van der Waals surface area contributed by atoms with Gasteiger partial charge in [-0.15, -0.1) is 0 Å². The number of nitrogens with one attached hydrogen (secondary N) is 1. The minimum atomic E-state index is -0.100. The number of hydrogen-bond donors (Lipinski definition) is 1. The highest BCUT2D eigenvalue weighted by Gasteiger charge is 2.32. The van der Waals surface area contributed by atoms with E-state index in [1.807, 2.05) is 49.7 Å². The van der Waals surface area contributed by atoms with Crippen molar-refractivity contribution in [3.05, 3.63) is 41.2 Å². The topological polar surface area (TPSA) is 80.9 Å². The van der Waals surface area contributed by atoms with Gasteiger partial charge < -0.3 is 14.8 Å². The Morgan fingerprint density at radius 2 is 2.12 bits per heavy atom. The summed E-state index contributed by atoms with van der Waals surface area (Å²) in [7, 11) is 3.82. The maximum absolute atomic E-state index is 13.5. The van der Waals surface area contributed by atoms with Crippen molar-refractivity contribution in [3.8, 4) is 0 Å². The largest absolute Gasteiger partial charge is 0.336 e. The summed E-state index contributed by atoms with van der Waals surface area (Å²) in [5, 5.41) is 8.67. The number of fused-ring (bicyclic) bond motifs is 1. The summed E-state index contributed by atoms with van der Waals surface area (Å²) in [6.45, 7) is 5.93. The zero-order valence-electron chi connectivity index (χ0n) is 15.5. The zero-order valence-corrected chi connectivity index (χ0v) is 15.5. The van der Waals surface area contributed by atoms with Crippen molar-refractivity contribution < 1.29 is 4.79 Å². The molecule has 0 aliphatic carbocycles. The Labute approximate surface area is 151 Å². The van der Waals surface area contributed by atoms with E-state index in [-0.39, 0.29) is 11.9 Å². The average Bonchev–Trinajstić information content (AvgIpc) is 3.17. The van der Waals surface area contributed by atoms with Crippen LogP contribution in [0.3, 0.4) is 0 Å². The normalized spacial score (nSPS) is 17.8. The number of pyridine rings is 1. The summed E-state index contributed by atoms with van der Waals surface area (Å²) < 4.78 is 3.71. The number of piperazine rings is 1. The second-order valence-electron chi connectivity index (χ2n) is 6.83. The number of aryl methyl sites for hydroxylation is 4. The first-order valence-corrected chi connectivity index (χ1v) is 8.77. The Morgan fingerprint density at radius 1 is 1.31 bits per heavy atom. The summed E-state index contributed by atoms with van der Waals surface area (Å²) in [5.41, 5.74) is 3.04. The standard InChI is InChI=1S/C18H23N7O/c1-11-9-13(15-12(2)22-24(4)17(15)21-11)18(26)25-8-5-19-10-14(25)16-20-6-7-23(16)3/h6-7,9,14,19H,5,8,10H2,1-4H3. The van der Waals surface area contributed by atoms with Gasteiger partial charge in [0.1, 0.15) is 11.9 Å². The first kappa shape index (κ1) is 16.7. The smallest absolute Gasteiger partial charge is 0.255 e. The van der Waals surface area contributed by atoms with Crippen molar-refractivity contribution in [2.75, 3.05) is 19.6 Å². The highest BCUT2D eigenvalue weighted by atomic mass is 16.2. The molecule has 3 aromatic heterocycles. The van der Waals surface area contributed by atoms with Crippen molar-refractivity contribution in [3.63, 3.8) is 0 Å². The number of carbonyl (C=O) groups is 1. The summed E-state index contributed by atoms with van der Waals surface area (Å²) in [6.07, 6.45) is 3.68. The van der Waals surface area contributed by atoms with Gasteiger partial charge in [0.2, 0.25) is 0 Å². The van der Waals surface area contributed by atoms with Crippen LogP contribution in [-0.4, -0.2) is 54.8 Å². The predicted molar refractivity (Wildman–Crippen MR) is 97.8 cm³/mol. The van der Waals surface area contributed by atoms with E-state index in [1.54, 1.807) is 10.9 Å². The average molecular weight is 353 g/mol. The van der Waals surface area contributed by atoms with Gasteiger partial charge in [-0.25, -0.2) is 9.97 Å². The van der Waals surface area contributed by atoms with Gasteiger partial charge in [-0.1, -0.05) is 0 Å². The fourth-order valence-corrected chi connectivity index (χ4v) is 3.77. The van der Waals surface area contributed by atoms with Crippen LogP contribution < -0.4 is 5.32 Å². The van der Waals surface area contributed by atoms with Crippen molar-refractivity contribution >= 4 is 16.9 Å². The molecule has 0 spiro atoms. The molecule has 1 aliphatic rings. The van der Waals surface area contributed by atoms with Crippen molar-refractivity contribution in [2.24, 2.45) is 14.1 Å². The van der Waals surface area contributed by atoms with Crippen LogP contribution >= 0.6 is 0 Å². The van der Waals surface area contributed by atoms with Crippen LogP contribution in [0.15, 0.2) is 18.5 Å². The number of nitrogens with zero attached hydrogens (tertiary/aromatic N) is 6. The monoisotopic (exact) mass is 353 g/mol. The van der Waals surface area contributed by atoms with Crippen molar-refractivity contribution in [1.29, 1.82) is 0 Å². The maximum Gasteiger partial charge on any atom is 0.255 e. The molecule has 0 saturated carbocycles. The number of imidazole rings is 1. The second kappa shape index (κ2) is 6.21. The molecule has 1 amide bonds. The molecule has 0 aromatic carbocycles. The van der Waals surface area contributed by atoms with Crippen LogP contribution in [0.5, 0.6) is 0 Å². The Hall–Kier alpha value is -2.74. The quantitative estimate of drug-likeness (QED) is 0.746. The van der Waals surface area contributed by atoms with E-state index in [4.69, 9.17) is 0 Å². The predicted octanol–water partition coefficient (Wildman–Crippen LogP) is 1.11. The van der Waals surface area contributed by atoms with Gasteiger partial charge in [-0.3, -0.25) is 9.48 Å². The van der Waals surface area contributed by atoms with E-state index in [9.17, 15) is 4.79 Å². The molecule has 8 nitrogen and oxygen atoms in total. The van der Waals surface area contributed by atoms with Gasteiger partial charge in [0.25, 0.3) is 5.91 Å². The highest BCUT2D eigenvalue weighted by Crippen LogP contribution is 2.27. The fourth-order valence-electron chi connectivity index (χ4n) is 3.77. The molecule has 4 rings (SSSR count). The lowest BCUT2D eigenvalue weighted by molar-refractivity contribution is 0.0622. The summed E-state index contributed by atoms with van der Waals surface area (Å²) in [4.78, 5) is 24.5. The Balaban J connectivity index is 1.81. The Bertz CT molecular complexity index is 987. The minimum Gasteiger partial charge on any atom is -0.336 e. The SMILES string of the molecule is Cc1cc(C(=O)N2CCNCC2c2nccn2C)c2c(C)nn(C)c2n1. The number of amides is 1. The molecule has 1 N–H and O–H groups in total. The van der Waals surface area contributed by atoms with Crippen LogP contribution in [-0.2, 0) is 14.1 Å². The lowest BCUT2D eigenvalue weighted by Gasteiger charge is -2.36. The molecule has 26 heavy (non-hydrogen) atoms. The molecule has 1 saturated heterocycles. The molecule has 8 heteroatoms. The van der Waals surface area contributed by atoms with Crippen LogP contribution in [0.25, 0.3) is 11.0 Å². The van der Waals surface area contributed by atoms with E-state index in [2.05, 4.69) is 20.4 Å². The molecular weight excluding hydrogens is 330 g/mol. The number of rotatable bonds is 2. The number of carbonyl (C=O) groups excluding carboxylic acids is 1. The molecule has 4 heterocycles. The van der Waals surface area contributed by atoms with Crippen molar-refractivity contribution in [2.45, 2.75) is 19.9 Å². The molecule has 1 atom stereocenters. The van der Waals surface area contributed by atoms with Crippen molar-refractivity contribution in [1.82, 2.24) is 34.5 Å². The summed E-state index contributed by atoms with van der Waals surface area (Å²) in [6, 6.07) is 1.77. The molecule has 1 aliphatic heterocycles. The van der Waals surface area contributed by atoms with E-state index in [0.29, 0.717) is 18.7 Å². The first-order chi connectivity index (χ1) is 12.5. The Kier molecular flexibility index (Phi) is 3.99. The Morgan fingerprint density at radius 3 is 2.85 bits per heavy atom. The fraction of sp³-hybridized carbons (Fsp3) is 0.444. The zero-order chi connectivity index (χ0) is 18.4. The molecule has 1 fully saturated rings. The van der Waals surface area contributed by atoms with E-state index >= 15 is 0 Å². The van der Waals surface area contributed by atoms with Gasteiger partial charge in [-0.05, 0) is 19.9 Å². The molecule has 0 bridgehead atoms. The van der Waals surface area contributed by atoms with Gasteiger partial charge in [0.15, 0.2) is 5.65 Å². The van der Waals surface area contributed by atoms with Gasteiger partial charge in [0, 0.05) is 51.8 Å². The second-order valence-corrected chi connectivity index (χ2v) is 6.83. The minimum absolute atomic E-state index is 0.00565. The van der Waals surface area contributed by atoms with E-state index in [1.165, 1.54) is 0 Å². The summed E-state index contributed by atoms with van der Waals surface area (Å²) >= 11 is 0. The third-order valence-electron chi connectivity index (χ3n) is 4.99. The number of hydrogen-bond acceptors (Lipinski definition) is 5. The maximum atomic E-state index is 13.5. The third kappa shape index (κ3) is 2.57. The van der Waals surface area contributed by atoms with Crippen LogP contribution in [0.2, 0.25) is 0 Å². The van der Waals surface area contributed by atoms with Gasteiger partial charge in [-0.2, -0.15) is 5.10 Å². The van der Waals surface area contributed by atoms with Gasteiger partial charge in [0.05, 0.1) is 16.6 Å². The van der Waals surface area contributed by atoms with E-state index < -0.39 is 0 Å². The lowest BCUT2D eigenvalue weighted by atomic mass is 10.1. The molecule has 3 aromatic rings.